The Morgan fingerprint density at radius 3 is 2.30 bits per heavy atom. The molecule has 3 heteroatoms. The van der Waals surface area contributed by atoms with Gasteiger partial charge in [0.2, 0.25) is 0 Å². The minimum atomic E-state index is -0.864. The molecule has 10 heavy (non-hydrogen) atoms. The topological polar surface area (TPSA) is 57.5 Å². The summed E-state index contributed by atoms with van der Waals surface area (Å²) in [6.07, 6.45) is 0.827. The maximum atomic E-state index is 10.4. The molecule has 58 valence electrons. The van der Waals surface area contributed by atoms with Crippen LogP contribution in [-0.4, -0.2) is 22.3 Å². The molecular formula is C7H12O3. The van der Waals surface area contributed by atoms with Crippen molar-refractivity contribution in [3.63, 3.8) is 0 Å². The number of aliphatic hydroxyl groups is 1. The molecule has 1 saturated carbocycles. The van der Waals surface area contributed by atoms with Gasteiger partial charge < -0.3 is 10.2 Å². The monoisotopic (exact) mass is 144 g/mol. The summed E-state index contributed by atoms with van der Waals surface area (Å²) in [4.78, 5) is 10.4. The smallest absolute Gasteiger partial charge is 0.309 e. The molecule has 1 fully saturated rings. The highest BCUT2D eigenvalue weighted by Gasteiger charge is 2.36. The van der Waals surface area contributed by atoms with Crippen LogP contribution < -0.4 is 0 Å². The van der Waals surface area contributed by atoms with Crippen LogP contribution in [0.5, 0.6) is 0 Å². The molecular weight excluding hydrogens is 132 g/mol. The summed E-state index contributed by atoms with van der Waals surface area (Å²) >= 11 is 0. The van der Waals surface area contributed by atoms with Gasteiger partial charge in [0.15, 0.2) is 0 Å². The molecule has 1 aliphatic rings. The lowest BCUT2D eigenvalue weighted by molar-refractivity contribution is -0.145. The number of carboxylic acid groups (broad SMARTS) is 1. The zero-order chi connectivity index (χ0) is 7.72. The molecule has 0 heterocycles. The van der Waals surface area contributed by atoms with Crippen molar-refractivity contribution in [1.82, 2.24) is 0 Å². The minimum absolute atomic E-state index is 0.154. The highest BCUT2D eigenvalue weighted by atomic mass is 16.4. The number of rotatable bonds is 1. The van der Waals surface area contributed by atoms with Crippen molar-refractivity contribution in [3.8, 4) is 0 Å². The molecule has 0 aromatic rings. The van der Waals surface area contributed by atoms with Gasteiger partial charge in [0, 0.05) is 0 Å². The van der Waals surface area contributed by atoms with Crippen LogP contribution in [0.15, 0.2) is 0 Å². The average Bonchev–Trinajstić information content (AvgIpc) is 2.14. The van der Waals surface area contributed by atoms with Crippen LogP contribution in [0, 0.1) is 11.8 Å². The first-order valence-corrected chi connectivity index (χ1v) is 3.54. The van der Waals surface area contributed by atoms with E-state index in [9.17, 15) is 9.90 Å². The third kappa shape index (κ3) is 1.14. The Kier molecular flexibility index (Phi) is 1.94. The summed E-state index contributed by atoms with van der Waals surface area (Å²) < 4.78 is 0. The summed E-state index contributed by atoms with van der Waals surface area (Å²) in [6, 6.07) is 0. The van der Waals surface area contributed by atoms with E-state index in [1.165, 1.54) is 0 Å². The molecule has 0 spiro atoms. The summed E-state index contributed by atoms with van der Waals surface area (Å²) in [5.41, 5.74) is 0. The van der Waals surface area contributed by atoms with Crippen molar-refractivity contribution in [1.29, 1.82) is 0 Å². The number of carboxylic acids is 1. The lowest BCUT2D eigenvalue weighted by Crippen LogP contribution is -2.25. The minimum Gasteiger partial charge on any atom is -0.481 e. The van der Waals surface area contributed by atoms with E-state index in [1.54, 1.807) is 0 Å². The van der Waals surface area contributed by atoms with Gasteiger partial charge in [-0.1, -0.05) is 6.92 Å². The number of aliphatic hydroxyl groups excluding tert-OH is 1. The predicted octanol–water partition coefficient (Wildman–Crippen LogP) is 0.478. The zero-order valence-corrected chi connectivity index (χ0v) is 5.95. The Morgan fingerprint density at radius 2 is 2.10 bits per heavy atom. The van der Waals surface area contributed by atoms with E-state index < -0.39 is 18.0 Å². The van der Waals surface area contributed by atoms with Crippen molar-refractivity contribution >= 4 is 5.97 Å². The molecule has 1 rings (SSSR count). The van der Waals surface area contributed by atoms with E-state index in [0.717, 1.165) is 6.42 Å². The summed E-state index contributed by atoms with van der Waals surface area (Å²) in [5.74, 6) is -1.23. The highest BCUT2D eigenvalue weighted by molar-refractivity contribution is 5.71. The van der Waals surface area contributed by atoms with E-state index in [2.05, 4.69) is 0 Å². The van der Waals surface area contributed by atoms with Gasteiger partial charge in [-0.25, -0.2) is 0 Å². The van der Waals surface area contributed by atoms with Crippen molar-refractivity contribution in [2.24, 2.45) is 11.8 Å². The van der Waals surface area contributed by atoms with Crippen molar-refractivity contribution < 1.29 is 15.0 Å². The molecule has 0 amide bonds. The number of hydrogen-bond donors (Lipinski definition) is 2. The van der Waals surface area contributed by atoms with Crippen LogP contribution in [0.25, 0.3) is 0 Å². The van der Waals surface area contributed by atoms with E-state index in [1.807, 2.05) is 6.92 Å². The molecule has 3 unspecified atom stereocenters. The van der Waals surface area contributed by atoms with Gasteiger partial charge in [-0.15, -0.1) is 0 Å². The molecule has 0 aromatic heterocycles. The van der Waals surface area contributed by atoms with E-state index >= 15 is 0 Å². The van der Waals surface area contributed by atoms with Gasteiger partial charge in [-0.05, 0) is 18.8 Å². The number of hydrogen-bond acceptors (Lipinski definition) is 2. The Bertz CT molecular complexity index is 144. The molecule has 0 aromatic carbocycles. The van der Waals surface area contributed by atoms with Gasteiger partial charge in [0.1, 0.15) is 0 Å². The molecule has 0 saturated heterocycles. The highest BCUT2D eigenvalue weighted by Crippen LogP contribution is 2.30. The molecule has 0 bridgehead atoms. The third-order valence-electron chi connectivity index (χ3n) is 2.25. The van der Waals surface area contributed by atoms with Crippen LogP contribution >= 0.6 is 0 Å². The number of aliphatic carboxylic acids is 1. The second-order valence-electron chi connectivity index (χ2n) is 2.99. The zero-order valence-electron chi connectivity index (χ0n) is 5.95. The fourth-order valence-corrected chi connectivity index (χ4v) is 1.45. The van der Waals surface area contributed by atoms with E-state index in [4.69, 9.17) is 5.11 Å². The summed E-state index contributed by atoms with van der Waals surface area (Å²) in [7, 11) is 0. The maximum Gasteiger partial charge on any atom is 0.309 e. The van der Waals surface area contributed by atoms with Gasteiger partial charge in [0.05, 0.1) is 12.0 Å². The molecule has 2 N–H and O–H groups in total. The summed E-state index contributed by atoms with van der Waals surface area (Å²) in [6.45, 7) is 1.88. The SMILES string of the molecule is CC1CCC(C(=O)O)C1O. The van der Waals surface area contributed by atoms with Gasteiger partial charge in [-0.2, -0.15) is 0 Å². The molecule has 3 nitrogen and oxygen atoms in total. The fourth-order valence-electron chi connectivity index (χ4n) is 1.45. The van der Waals surface area contributed by atoms with Gasteiger partial charge in [0.25, 0.3) is 0 Å². The maximum absolute atomic E-state index is 10.4. The van der Waals surface area contributed by atoms with Crippen molar-refractivity contribution in [2.75, 3.05) is 0 Å². The molecule has 1 aliphatic carbocycles. The first-order chi connectivity index (χ1) is 4.63. The Labute approximate surface area is 59.7 Å². The predicted molar refractivity (Wildman–Crippen MR) is 35.5 cm³/mol. The molecule has 3 atom stereocenters. The number of carbonyl (C=O) groups is 1. The normalized spacial score (nSPS) is 40.0. The fraction of sp³-hybridized carbons (Fsp3) is 0.857. The van der Waals surface area contributed by atoms with Gasteiger partial charge in [-0.3, -0.25) is 4.79 Å². The van der Waals surface area contributed by atoms with Crippen LogP contribution in [0.4, 0.5) is 0 Å². The molecule has 0 aliphatic heterocycles. The lowest BCUT2D eigenvalue weighted by Gasteiger charge is -2.11. The van der Waals surface area contributed by atoms with Crippen LogP contribution in [0.2, 0.25) is 0 Å². The van der Waals surface area contributed by atoms with Crippen LogP contribution in [-0.2, 0) is 4.79 Å². The second-order valence-corrected chi connectivity index (χ2v) is 2.99. The van der Waals surface area contributed by atoms with Crippen LogP contribution in [0.1, 0.15) is 19.8 Å². The van der Waals surface area contributed by atoms with Crippen LogP contribution in [0.3, 0.4) is 0 Å². The van der Waals surface area contributed by atoms with E-state index in [-0.39, 0.29) is 5.92 Å². The van der Waals surface area contributed by atoms with Gasteiger partial charge >= 0.3 is 5.97 Å². The standard InChI is InChI=1S/C7H12O3/c1-4-2-3-5(6(4)8)7(9)10/h4-6,8H,2-3H2,1H3,(H,9,10). The third-order valence-corrected chi connectivity index (χ3v) is 2.25. The average molecular weight is 144 g/mol. The summed E-state index contributed by atoms with van der Waals surface area (Å²) in [5, 5.41) is 17.8. The molecule has 0 radical (unpaired) electrons. The van der Waals surface area contributed by atoms with E-state index in [0.29, 0.717) is 6.42 Å². The second kappa shape index (κ2) is 2.58. The Balaban J connectivity index is 2.57. The largest absolute Gasteiger partial charge is 0.481 e. The first-order valence-electron chi connectivity index (χ1n) is 3.54. The quantitative estimate of drug-likeness (QED) is 0.562. The van der Waals surface area contributed by atoms with Crippen molar-refractivity contribution in [2.45, 2.75) is 25.9 Å². The Hall–Kier alpha value is -0.570. The van der Waals surface area contributed by atoms with Crippen molar-refractivity contribution in [3.05, 3.63) is 0 Å². The first kappa shape index (κ1) is 7.54. The lowest BCUT2D eigenvalue weighted by atomic mass is 10.0. The Morgan fingerprint density at radius 1 is 1.50 bits per heavy atom.